The molecule has 1 aliphatic heterocycles. The third kappa shape index (κ3) is 4.23. The van der Waals surface area contributed by atoms with Crippen molar-refractivity contribution >= 4 is 23.4 Å². The second kappa shape index (κ2) is 7.62. The fourth-order valence-corrected chi connectivity index (χ4v) is 3.14. The first-order valence-electron chi connectivity index (χ1n) is 8.04. The number of amides is 1. The molecule has 1 heterocycles. The monoisotopic (exact) mass is 343 g/mol. The van der Waals surface area contributed by atoms with Crippen LogP contribution in [-0.2, 0) is 4.79 Å². The summed E-state index contributed by atoms with van der Waals surface area (Å²) in [6.45, 7) is 5.45. The first-order valence-corrected chi connectivity index (χ1v) is 9.02. The van der Waals surface area contributed by atoms with E-state index < -0.39 is 0 Å². The summed E-state index contributed by atoms with van der Waals surface area (Å²) in [6, 6.07) is 13.7. The van der Waals surface area contributed by atoms with Crippen molar-refractivity contribution in [3.8, 4) is 11.5 Å². The summed E-state index contributed by atoms with van der Waals surface area (Å²) in [5.41, 5.74) is 2.09. The minimum absolute atomic E-state index is 0.0211. The van der Waals surface area contributed by atoms with Gasteiger partial charge in [0.15, 0.2) is 11.5 Å². The van der Waals surface area contributed by atoms with Gasteiger partial charge in [-0.2, -0.15) is 0 Å². The first kappa shape index (κ1) is 16.7. The van der Waals surface area contributed by atoms with E-state index in [1.165, 1.54) is 17.3 Å². The molecule has 24 heavy (non-hydrogen) atoms. The third-order valence-electron chi connectivity index (χ3n) is 3.74. The molecule has 2 aromatic rings. The van der Waals surface area contributed by atoms with Crippen molar-refractivity contribution in [3.05, 3.63) is 48.0 Å². The number of ether oxygens (including phenoxy) is 2. The average molecular weight is 343 g/mol. The summed E-state index contributed by atoms with van der Waals surface area (Å²) in [6.07, 6.45) is 0. The molecule has 2 aromatic carbocycles. The molecular weight excluding hydrogens is 322 g/mol. The number of carbonyl (C=O) groups excluding carboxylic acids is 1. The lowest BCUT2D eigenvalue weighted by molar-refractivity contribution is -0.113. The predicted molar refractivity (Wildman–Crippen MR) is 97.3 cm³/mol. The maximum Gasteiger partial charge on any atom is 0.234 e. The van der Waals surface area contributed by atoms with Crippen LogP contribution in [0.5, 0.6) is 11.5 Å². The Balaban J connectivity index is 1.53. The molecule has 1 N–H and O–H groups in total. The van der Waals surface area contributed by atoms with Gasteiger partial charge in [-0.1, -0.05) is 26.0 Å². The van der Waals surface area contributed by atoms with Crippen LogP contribution in [0.15, 0.2) is 47.4 Å². The van der Waals surface area contributed by atoms with Crippen LogP contribution in [0.2, 0.25) is 0 Å². The lowest BCUT2D eigenvalue weighted by Crippen LogP contribution is -2.15. The summed E-state index contributed by atoms with van der Waals surface area (Å²) < 4.78 is 11.1. The maximum absolute atomic E-state index is 12.1. The van der Waals surface area contributed by atoms with Gasteiger partial charge in [-0.25, -0.2) is 0 Å². The van der Waals surface area contributed by atoms with E-state index in [4.69, 9.17) is 9.47 Å². The van der Waals surface area contributed by atoms with Crippen molar-refractivity contribution in [2.45, 2.75) is 24.7 Å². The lowest BCUT2D eigenvalue weighted by Gasteiger charge is -2.18. The highest BCUT2D eigenvalue weighted by molar-refractivity contribution is 8.00. The van der Waals surface area contributed by atoms with Crippen LogP contribution in [0.25, 0.3) is 0 Å². The number of anilines is 1. The van der Waals surface area contributed by atoms with E-state index in [0.29, 0.717) is 24.9 Å². The molecule has 3 rings (SSSR count). The molecule has 5 heteroatoms. The van der Waals surface area contributed by atoms with Crippen molar-refractivity contribution < 1.29 is 14.3 Å². The number of hydrogen-bond donors (Lipinski definition) is 1. The number of fused-ring (bicyclic) bond motifs is 1. The highest BCUT2D eigenvalue weighted by Crippen LogP contribution is 2.34. The number of rotatable bonds is 5. The molecular formula is C19H21NO3S. The van der Waals surface area contributed by atoms with E-state index in [2.05, 4.69) is 19.2 Å². The van der Waals surface area contributed by atoms with Crippen molar-refractivity contribution in [2.24, 2.45) is 0 Å². The smallest absolute Gasteiger partial charge is 0.234 e. The van der Waals surface area contributed by atoms with E-state index in [0.717, 1.165) is 22.1 Å². The van der Waals surface area contributed by atoms with Gasteiger partial charge in [0.1, 0.15) is 13.2 Å². The largest absolute Gasteiger partial charge is 0.486 e. The van der Waals surface area contributed by atoms with Crippen molar-refractivity contribution in [2.75, 3.05) is 24.3 Å². The average Bonchev–Trinajstić information content (AvgIpc) is 2.60. The number of hydrogen-bond acceptors (Lipinski definition) is 4. The van der Waals surface area contributed by atoms with Gasteiger partial charge in [-0.3, -0.25) is 4.79 Å². The summed E-state index contributed by atoms with van der Waals surface area (Å²) in [4.78, 5) is 13.1. The Morgan fingerprint density at radius 1 is 1.08 bits per heavy atom. The molecule has 0 unspecified atom stereocenters. The topological polar surface area (TPSA) is 47.6 Å². The van der Waals surface area contributed by atoms with Gasteiger partial charge < -0.3 is 14.8 Å². The highest BCUT2D eigenvalue weighted by atomic mass is 32.2. The molecule has 0 saturated carbocycles. The molecule has 0 atom stereocenters. The summed E-state index contributed by atoms with van der Waals surface area (Å²) in [5.74, 6) is 2.33. The Hall–Kier alpha value is -2.14. The zero-order valence-electron chi connectivity index (χ0n) is 13.9. The SMILES string of the molecule is CC(C)c1ccc(NC(=O)CSc2ccc3c(c2)OCCO3)cc1. The molecule has 0 aromatic heterocycles. The van der Waals surface area contributed by atoms with Crippen LogP contribution >= 0.6 is 11.8 Å². The second-order valence-electron chi connectivity index (χ2n) is 5.92. The zero-order valence-corrected chi connectivity index (χ0v) is 14.7. The zero-order chi connectivity index (χ0) is 16.9. The number of benzene rings is 2. The maximum atomic E-state index is 12.1. The quantitative estimate of drug-likeness (QED) is 0.822. The molecule has 0 spiro atoms. The van der Waals surface area contributed by atoms with Gasteiger partial charge in [0.05, 0.1) is 5.75 Å². The Morgan fingerprint density at radius 2 is 1.79 bits per heavy atom. The van der Waals surface area contributed by atoms with Crippen LogP contribution in [0.3, 0.4) is 0 Å². The fraction of sp³-hybridized carbons (Fsp3) is 0.316. The van der Waals surface area contributed by atoms with Gasteiger partial charge in [0.25, 0.3) is 0 Å². The van der Waals surface area contributed by atoms with E-state index in [1.807, 2.05) is 42.5 Å². The van der Waals surface area contributed by atoms with Crippen LogP contribution < -0.4 is 14.8 Å². The lowest BCUT2D eigenvalue weighted by atomic mass is 10.0. The van der Waals surface area contributed by atoms with Gasteiger partial charge in [-0.05, 0) is 41.8 Å². The number of nitrogens with one attached hydrogen (secondary N) is 1. The summed E-state index contributed by atoms with van der Waals surface area (Å²) >= 11 is 1.48. The minimum Gasteiger partial charge on any atom is -0.486 e. The first-order chi connectivity index (χ1) is 11.6. The van der Waals surface area contributed by atoms with E-state index in [1.54, 1.807) is 0 Å². The van der Waals surface area contributed by atoms with Gasteiger partial charge in [0.2, 0.25) is 5.91 Å². The Bertz CT molecular complexity index is 713. The molecule has 0 radical (unpaired) electrons. The number of thioether (sulfide) groups is 1. The Kier molecular flexibility index (Phi) is 5.30. The van der Waals surface area contributed by atoms with Crippen LogP contribution in [0.4, 0.5) is 5.69 Å². The van der Waals surface area contributed by atoms with Crippen molar-refractivity contribution in [1.82, 2.24) is 0 Å². The molecule has 126 valence electrons. The molecule has 0 aliphatic carbocycles. The summed E-state index contributed by atoms with van der Waals surface area (Å²) in [7, 11) is 0. The van der Waals surface area contributed by atoms with E-state index >= 15 is 0 Å². The molecule has 1 amide bonds. The van der Waals surface area contributed by atoms with Crippen LogP contribution in [0.1, 0.15) is 25.3 Å². The Morgan fingerprint density at radius 3 is 2.50 bits per heavy atom. The van der Waals surface area contributed by atoms with Crippen LogP contribution in [-0.4, -0.2) is 24.9 Å². The van der Waals surface area contributed by atoms with E-state index in [-0.39, 0.29) is 5.91 Å². The van der Waals surface area contributed by atoms with Gasteiger partial charge >= 0.3 is 0 Å². The van der Waals surface area contributed by atoms with Crippen molar-refractivity contribution in [1.29, 1.82) is 0 Å². The minimum atomic E-state index is -0.0211. The normalized spacial score (nSPS) is 13.0. The van der Waals surface area contributed by atoms with E-state index in [9.17, 15) is 4.79 Å². The van der Waals surface area contributed by atoms with Crippen LogP contribution in [0, 0.1) is 0 Å². The number of carbonyl (C=O) groups is 1. The van der Waals surface area contributed by atoms with Gasteiger partial charge in [-0.15, -0.1) is 11.8 Å². The second-order valence-corrected chi connectivity index (χ2v) is 6.97. The van der Waals surface area contributed by atoms with Crippen molar-refractivity contribution in [3.63, 3.8) is 0 Å². The molecule has 1 aliphatic rings. The van der Waals surface area contributed by atoms with Gasteiger partial charge in [0, 0.05) is 10.6 Å². The molecule has 4 nitrogen and oxygen atoms in total. The Labute approximate surface area is 146 Å². The predicted octanol–water partition coefficient (Wildman–Crippen LogP) is 4.31. The molecule has 0 bridgehead atoms. The summed E-state index contributed by atoms with van der Waals surface area (Å²) in [5, 5.41) is 2.92. The molecule has 0 fully saturated rings. The fourth-order valence-electron chi connectivity index (χ4n) is 2.41. The standard InChI is InChI=1S/C19H21NO3S/c1-13(2)14-3-5-15(6-4-14)20-19(21)12-24-16-7-8-17-18(11-16)23-10-9-22-17/h3-8,11,13H,9-10,12H2,1-2H3,(H,20,21). The third-order valence-corrected chi connectivity index (χ3v) is 4.74. The highest BCUT2D eigenvalue weighted by Gasteiger charge is 2.12. The molecule has 0 saturated heterocycles.